The van der Waals surface area contributed by atoms with Crippen LogP contribution in [0.5, 0.6) is 0 Å². The van der Waals surface area contributed by atoms with Crippen LogP contribution in [0.25, 0.3) is 0 Å². The molecule has 0 bridgehead atoms. The number of thioether (sulfide) groups is 1. The number of rotatable bonds is 9. The summed E-state index contributed by atoms with van der Waals surface area (Å²) in [5.74, 6) is 2.37. The Labute approximate surface area is 113 Å². The third kappa shape index (κ3) is 7.35. The van der Waals surface area contributed by atoms with Crippen LogP contribution in [-0.2, 0) is 0 Å². The summed E-state index contributed by atoms with van der Waals surface area (Å²) in [5, 5.41) is 3.75. The maximum absolute atomic E-state index is 3.75. The highest BCUT2D eigenvalue weighted by Gasteiger charge is 2.18. The van der Waals surface area contributed by atoms with Gasteiger partial charge in [0.15, 0.2) is 0 Å². The van der Waals surface area contributed by atoms with Crippen molar-refractivity contribution in [1.29, 1.82) is 0 Å². The predicted molar refractivity (Wildman–Crippen MR) is 80.9 cm³/mol. The molecule has 0 atom stereocenters. The molecular formula is C15H31NS. The lowest BCUT2D eigenvalue weighted by Gasteiger charge is -2.28. The van der Waals surface area contributed by atoms with E-state index >= 15 is 0 Å². The summed E-state index contributed by atoms with van der Waals surface area (Å²) in [6, 6.07) is 0.837. The second kappa shape index (κ2) is 10.3. The maximum Gasteiger partial charge on any atom is 0.00672 e. The molecule has 0 heterocycles. The van der Waals surface area contributed by atoms with Crippen LogP contribution in [0.4, 0.5) is 0 Å². The van der Waals surface area contributed by atoms with E-state index in [4.69, 9.17) is 0 Å². The van der Waals surface area contributed by atoms with Crippen LogP contribution in [-0.4, -0.2) is 24.6 Å². The molecule has 0 aromatic rings. The summed E-state index contributed by atoms with van der Waals surface area (Å²) < 4.78 is 0. The largest absolute Gasteiger partial charge is 0.314 e. The lowest BCUT2D eigenvalue weighted by Crippen LogP contribution is -2.33. The Balaban J connectivity index is 1.87. The monoisotopic (exact) mass is 257 g/mol. The Morgan fingerprint density at radius 1 is 1.00 bits per heavy atom. The van der Waals surface area contributed by atoms with E-state index in [0.29, 0.717) is 0 Å². The van der Waals surface area contributed by atoms with Gasteiger partial charge in [0.1, 0.15) is 0 Å². The molecule has 0 aromatic carbocycles. The smallest absolute Gasteiger partial charge is 0.00672 e. The molecule has 1 aliphatic rings. The van der Waals surface area contributed by atoms with E-state index in [9.17, 15) is 0 Å². The van der Waals surface area contributed by atoms with E-state index in [1.807, 2.05) is 11.8 Å². The average Bonchev–Trinajstić information content (AvgIpc) is 2.38. The highest BCUT2D eigenvalue weighted by atomic mass is 32.2. The lowest BCUT2D eigenvalue weighted by atomic mass is 9.84. The molecule has 1 aliphatic carbocycles. The molecule has 0 saturated heterocycles. The Morgan fingerprint density at radius 3 is 2.35 bits per heavy atom. The van der Waals surface area contributed by atoms with Gasteiger partial charge in [-0.05, 0) is 63.0 Å². The topological polar surface area (TPSA) is 12.0 Å². The average molecular weight is 257 g/mol. The Hall–Kier alpha value is 0.310. The third-order valence-corrected chi connectivity index (χ3v) is 4.83. The summed E-state index contributed by atoms with van der Waals surface area (Å²) in [6.07, 6.45) is 15.0. The molecule has 1 fully saturated rings. The van der Waals surface area contributed by atoms with Crippen molar-refractivity contribution in [3.05, 3.63) is 0 Å². The molecule has 1 saturated carbocycles. The van der Waals surface area contributed by atoms with Gasteiger partial charge in [0.2, 0.25) is 0 Å². The summed E-state index contributed by atoms with van der Waals surface area (Å²) in [7, 11) is 0. The first-order valence-corrected chi connectivity index (χ1v) is 8.98. The minimum Gasteiger partial charge on any atom is -0.314 e. The van der Waals surface area contributed by atoms with Gasteiger partial charge in [0.25, 0.3) is 0 Å². The summed E-state index contributed by atoms with van der Waals surface area (Å²) >= 11 is 1.97. The Bertz CT molecular complexity index is 164. The maximum atomic E-state index is 3.75. The van der Waals surface area contributed by atoms with E-state index in [2.05, 4.69) is 18.5 Å². The van der Waals surface area contributed by atoms with E-state index in [1.165, 1.54) is 70.1 Å². The van der Waals surface area contributed by atoms with Crippen LogP contribution in [0, 0.1) is 5.92 Å². The normalized spacial score (nSPS) is 25.1. The highest BCUT2D eigenvalue weighted by Crippen LogP contribution is 2.26. The Kier molecular flexibility index (Phi) is 9.27. The zero-order valence-electron chi connectivity index (χ0n) is 11.8. The first kappa shape index (κ1) is 15.4. The molecule has 2 heteroatoms. The van der Waals surface area contributed by atoms with Crippen molar-refractivity contribution in [2.45, 2.75) is 70.8 Å². The van der Waals surface area contributed by atoms with Crippen molar-refractivity contribution in [3.63, 3.8) is 0 Å². The fourth-order valence-corrected chi connectivity index (χ4v) is 3.30. The fraction of sp³-hybridized carbons (Fsp3) is 1.00. The number of hydrogen-bond donors (Lipinski definition) is 1. The molecule has 1 rings (SSSR count). The van der Waals surface area contributed by atoms with Crippen molar-refractivity contribution in [2.75, 3.05) is 18.6 Å². The van der Waals surface area contributed by atoms with E-state index in [1.54, 1.807) is 0 Å². The molecule has 0 amide bonds. The zero-order valence-corrected chi connectivity index (χ0v) is 12.7. The molecule has 0 spiro atoms. The summed E-state index contributed by atoms with van der Waals surface area (Å²) in [5.41, 5.74) is 0. The van der Waals surface area contributed by atoms with Crippen molar-refractivity contribution >= 4 is 11.8 Å². The molecule has 0 radical (unpaired) electrons. The van der Waals surface area contributed by atoms with Crippen molar-refractivity contribution in [3.8, 4) is 0 Å². The van der Waals surface area contributed by atoms with Gasteiger partial charge in [-0.3, -0.25) is 0 Å². The van der Waals surface area contributed by atoms with Crippen LogP contribution in [0.15, 0.2) is 0 Å². The molecule has 102 valence electrons. The second-order valence-electron chi connectivity index (χ2n) is 5.49. The van der Waals surface area contributed by atoms with Gasteiger partial charge in [-0.15, -0.1) is 0 Å². The van der Waals surface area contributed by atoms with Gasteiger partial charge in [-0.2, -0.15) is 11.8 Å². The Morgan fingerprint density at radius 2 is 1.71 bits per heavy atom. The SMILES string of the molecule is CCC1CCC(NCCCCCCSC)CC1. The molecule has 1 nitrogen and oxygen atoms in total. The van der Waals surface area contributed by atoms with Crippen molar-refractivity contribution < 1.29 is 0 Å². The van der Waals surface area contributed by atoms with Crippen LogP contribution in [0.3, 0.4) is 0 Å². The quantitative estimate of drug-likeness (QED) is 0.612. The van der Waals surface area contributed by atoms with Gasteiger partial charge in [-0.25, -0.2) is 0 Å². The minimum atomic E-state index is 0.837. The first-order chi connectivity index (χ1) is 8.36. The lowest BCUT2D eigenvalue weighted by molar-refractivity contribution is 0.285. The summed E-state index contributed by atoms with van der Waals surface area (Å²) in [6.45, 7) is 3.59. The first-order valence-electron chi connectivity index (χ1n) is 7.59. The molecule has 0 unspecified atom stereocenters. The van der Waals surface area contributed by atoms with E-state index in [-0.39, 0.29) is 0 Å². The van der Waals surface area contributed by atoms with Crippen LogP contribution in [0.2, 0.25) is 0 Å². The van der Waals surface area contributed by atoms with E-state index < -0.39 is 0 Å². The van der Waals surface area contributed by atoms with Gasteiger partial charge in [-0.1, -0.05) is 26.2 Å². The van der Waals surface area contributed by atoms with Crippen LogP contribution >= 0.6 is 11.8 Å². The van der Waals surface area contributed by atoms with E-state index in [0.717, 1.165) is 12.0 Å². The zero-order chi connectivity index (χ0) is 12.3. The molecule has 0 aromatic heterocycles. The van der Waals surface area contributed by atoms with Crippen LogP contribution in [0.1, 0.15) is 64.7 Å². The summed E-state index contributed by atoms with van der Waals surface area (Å²) in [4.78, 5) is 0. The second-order valence-corrected chi connectivity index (χ2v) is 6.47. The third-order valence-electron chi connectivity index (χ3n) is 4.13. The molecular weight excluding hydrogens is 226 g/mol. The number of unbranched alkanes of at least 4 members (excludes halogenated alkanes) is 3. The highest BCUT2D eigenvalue weighted by molar-refractivity contribution is 7.98. The minimum absolute atomic E-state index is 0.837. The molecule has 1 N–H and O–H groups in total. The van der Waals surface area contributed by atoms with Gasteiger partial charge in [0, 0.05) is 6.04 Å². The van der Waals surface area contributed by atoms with Gasteiger partial charge in [0.05, 0.1) is 0 Å². The predicted octanol–water partition coefficient (Wildman–Crippen LogP) is 4.47. The van der Waals surface area contributed by atoms with Gasteiger partial charge < -0.3 is 5.32 Å². The molecule has 17 heavy (non-hydrogen) atoms. The van der Waals surface area contributed by atoms with Crippen LogP contribution < -0.4 is 5.32 Å². The number of nitrogens with one attached hydrogen (secondary N) is 1. The fourth-order valence-electron chi connectivity index (χ4n) is 2.81. The number of hydrogen-bond acceptors (Lipinski definition) is 2. The van der Waals surface area contributed by atoms with Crippen molar-refractivity contribution in [1.82, 2.24) is 5.32 Å². The standard InChI is InChI=1S/C15H31NS/c1-3-14-8-10-15(11-9-14)16-12-6-4-5-7-13-17-2/h14-16H,3-13H2,1-2H3. The van der Waals surface area contributed by atoms with Gasteiger partial charge >= 0.3 is 0 Å². The molecule has 0 aliphatic heterocycles. The van der Waals surface area contributed by atoms with Crippen molar-refractivity contribution in [2.24, 2.45) is 5.92 Å².